The summed E-state index contributed by atoms with van der Waals surface area (Å²) in [5.41, 5.74) is 2.16. The maximum atomic E-state index is 12.1. The molecule has 0 bridgehead atoms. The molecule has 0 saturated heterocycles. The highest BCUT2D eigenvalue weighted by molar-refractivity contribution is 9.10. The van der Waals surface area contributed by atoms with Gasteiger partial charge in [0.15, 0.2) is 0 Å². The molecule has 0 aliphatic heterocycles. The van der Waals surface area contributed by atoms with Crippen LogP contribution in [0, 0.1) is 6.92 Å². The third-order valence-corrected chi connectivity index (χ3v) is 6.15. The van der Waals surface area contributed by atoms with E-state index in [0.29, 0.717) is 17.7 Å². The molecule has 0 aliphatic rings. The van der Waals surface area contributed by atoms with Crippen molar-refractivity contribution in [1.29, 1.82) is 0 Å². The molecular weight excluding hydrogens is 458 g/mol. The van der Waals surface area contributed by atoms with Gasteiger partial charge >= 0.3 is 0 Å². The number of pyridine rings is 1. The van der Waals surface area contributed by atoms with Gasteiger partial charge < -0.3 is 0 Å². The average molecular weight is 480 g/mol. The molecule has 0 aliphatic carbocycles. The molecule has 0 fully saturated rings. The van der Waals surface area contributed by atoms with Crippen LogP contribution in [0.25, 0.3) is 22.9 Å². The first kappa shape index (κ1) is 21.3. The van der Waals surface area contributed by atoms with Gasteiger partial charge in [0.25, 0.3) is 5.91 Å². The molecule has 3 aromatic heterocycles. The van der Waals surface area contributed by atoms with E-state index in [1.165, 1.54) is 6.08 Å². The van der Waals surface area contributed by atoms with Crippen molar-refractivity contribution in [3.63, 3.8) is 0 Å². The van der Waals surface area contributed by atoms with Gasteiger partial charge in [-0.2, -0.15) is 5.10 Å². The highest BCUT2D eigenvalue weighted by atomic mass is 79.9. The smallest absolute Gasteiger partial charge is 0.257 e. The number of amides is 1. The van der Waals surface area contributed by atoms with E-state index in [2.05, 4.69) is 30.7 Å². The second kappa shape index (κ2) is 8.50. The zero-order chi connectivity index (χ0) is 21.2. The molecule has 3 heterocycles. The van der Waals surface area contributed by atoms with E-state index in [1.54, 1.807) is 24.0 Å². The minimum Gasteiger partial charge on any atom is -0.285 e. The van der Waals surface area contributed by atoms with Crippen molar-refractivity contribution in [2.75, 3.05) is 5.75 Å². The summed E-state index contributed by atoms with van der Waals surface area (Å²) < 4.78 is 30.4. The Balaban J connectivity index is 1.93. The first-order chi connectivity index (χ1) is 13.7. The zero-order valence-electron chi connectivity index (χ0n) is 16.4. The van der Waals surface area contributed by atoms with Crippen LogP contribution in [0.3, 0.4) is 0 Å². The van der Waals surface area contributed by atoms with E-state index in [0.717, 1.165) is 27.7 Å². The van der Waals surface area contributed by atoms with Crippen LogP contribution < -0.4 is 4.72 Å². The molecule has 0 radical (unpaired) electrons. The summed E-state index contributed by atoms with van der Waals surface area (Å²) in [5.74, 6) is -0.0310. The molecule has 8 nitrogen and oxygen atoms in total. The molecule has 1 N–H and O–H groups in total. The fourth-order valence-corrected chi connectivity index (χ4v) is 4.54. The number of nitrogens with one attached hydrogen (secondary N) is 1. The van der Waals surface area contributed by atoms with E-state index in [-0.39, 0.29) is 5.75 Å². The predicted octanol–water partition coefficient (Wildman–Crippen LogP) is 3.09. The lowest BCUT2D eigenvalue weighted by Crippen LogP contribution is -2.31. The Morgan fingerprint density at radius 2 is 2.14 bits per heavy atom. The quantitative estimate of drug-likeness (QED) is 0.524. The van der Waals surface area contributed by atoms with Crippen LogP contribution >= 0.6 is 15.9 Å². The summed E-state index contributed by atoms with van der Waals surface area (Å²) >= 11 is 3.42. The van der Waals surface area contributed by atoms with Crippen LogP contribution in [0.4, 0.5) is 0 Å². The highest BCUT2D eigenvalue weighted by Gasteiger charge is 2.17. The molecule has 154 valence electrons. The van der Waals surface area contributed by atoms with Crippen molar-refractivity contribution in [2.24, 2.45) is 7.05 Å². The van der Waals surface area contributed by atoms with E-state index in [9.17, 15) is 13.2 Å². The summed E-state index contributed by atoms with van der Waals surface area (Å²) in [6.45, 7) is 3.72. The van der Waals surface area contributed by atoms with Gasteiger partial charge in [-0.3, -0.25) is 14.0 Å². The third kappa shape index (κ3) is 4.76. The number of sulfonamides is 1. The number of aryl methyl sites for hydroxylation is 2. The second-order valence-corrected chi connectivity index (χ2v) is 9.43. The van der Waals surface area contributed by atoms with Gasteiger partial charge in [0, 0.05) is 40.9 Å². The van der Waals surface area contributed by atoms with Crippen molar-refractivity contribution in [3.8, 4) is 5.82 Å². The van der Waals surface area contributed by atoms with Gasteiger partial charge in [-0.25, -0.2) is 18.1 Å². The Morgan fingerprint density at radius 1 is 1.38 bits per heavy atom. The summed E-state index contributed by atoms with van der Waals surface area (Å²) in [6, 6.07) is 3.90. The fraction of sp³-hybridized carbons (Fsp3) is 0.316. The Kier molecular flexibility index (Phi) is 6.23. The molecule has 0 aromatic carbocycles. The highest BCUT2D eigenvalue weighted by Crippen LogP contribution is 2.25. The van der Waals surface area contributed by atoms with E-state index >= 15 is 0 Å². The molecule has 1 amide bonds. The van der Waals surface area contributed by atoms with Crippen LogP contribution in [-0.2, 0) is 21.9 Å². The van der Waals surface area contributed by atoms with Gasteiger partial charge in [0.2, 0.25) is 10.0 Å². The van der Waals surface area contributed by atoms with Crippen molar-refractivity contribution >= 4 is 49.0 Å². The van der Waals surface area contributed by atoms with Crippen LogP contribution in [0.5, 0.6) is 0 Å². The third-order valence-electron chi connectivity index (χ3n) is 4.38. The normalized spacial score (nSPS) is 12.1. The molecule has 10 heteroatoms. The first-order valence-electron chi connectivity index (χ1n) is 9.11. The number of carbonyl (C=O) groups excluding carboxylic acids is 1. The topological polar surface area (TPSA) is 98.9 Å². The van der Waals surface area contributed by atoms with Crippen LogP contribution in [0.1, 0.15) is 31.0 Å². The number of fused-ring (bicyclic) bond motifs is 1. The number of rotatable bonds is 7. The number of nitrogens with zero attached hydrogens (tertiary/aromatic N) is 4. The molecule has 0 saturated carbocycles. The molecule has 0 atom stereocenters. The molecule has 0 unspecified atom stereocenters. The number of unbranched alkanes of at least 4 members (excludes halogenated alkanes) is 1. The van der Waals surface area contributed by atoms with Crippen LogP contribution in [0.2, 0.25) is 0 Å². The molecule has 29 heavy (non-hydrogen) atoms. The molecule has 3 aromatic rings. The lowest BCUT2D eigenvalue weighted by Gasteiger charge is -2.07. The van der Waals surface area contributed by atoms with Crippen molar-refractivity contribution in [3.05, 3.63) is 46.3 Å². The monoisotopic (exact) mass is 479 g/mol. The Labute approximate surface area is 177 Å². The minimum absolute atomic E-state index is 0.0726. The standard InChI is InChI=1S/C19H22BrN5O3S/c1-4-5-10-29(27,28)23-17(26)7-6-16-13(2)22-24(3)19(16)25-9-8-14-11-15(20)12-21-18(14)25/h6-9,11-12H,4-5,10H2,1-3H3,(H,23,26)/b7-6+. The maximum absolute atomic E-state index is 12.1. The first-order valence-corrected chi connectivity index (χ1v) is 11.6. The predicted molar refractivity (Wildman–Crippen MR) is 116 cm³/mol. The second-order valence-electron chi connectivity index (χ2n) is 6.67. The number of carbonyl (C=O) groups is 1. The van der Waals surface area contributed by atoms with Crippen LogP contribution in [0.15, 0.2) is 35.1 Å². The summed E-state index contributed by atoms with van der Waals surface area (Å²) in [5, 5.41) is 5.39. The zero-order valence-corrected chi connectivity index (χ0v) is 18.8. The van der Waals surface area contributed by atoms with Crippen LogP contribution in [-0.4, -0.2) is 39.4 Å². The largest absolute Gasteiger partial charge is 0.285 e. The van der Waals surface area contributed by atoms with Crippen molar-refractivity contribution < 1.29 is 13.2 Å². The van der Waals surface area contributed by atoms with Gasteiger partial charge in [-0.15, -0.1) is 0 Å². The van der Waals surface area contributed by atoms with Crippen molar-refractivity contribution in [1.82, 2.24) is 24.1 Å². The van der Waals surface area contributed by atoms with Gasteiger partial charge in [-0.05, 0) is 47.5 Å². The lowest BCUT2D eigenvalue weighted by atomic mass is 10.2. The average Bonchev–Trinajstić information content (AvgIpc) is 3.17. The van der Waals surface area contributed by atoms with Gasteiger partial charge in [-0.1, -0.05) is 13.3 Å². The SMILES string of the molecule is CCCCS(=O)(=O)NC(=O)/C=C/c1c(C)nn(C)c1-n1ccc2cc(Br)cnc21. The minimum atomic E-state index is -3.63. The fourth-order valence-electron chi connectivity index (χ4n) is 3.04. The van der Waals surface area contributed by atoms with E-state index in [4.69, 9.17) is 0 Å². The number of aromatic nitrogens is 4. The van der Waals surface area contributed by atoms with E-state index < -0.39 is 15.9 Å². The number of hydrogen-bond donors (Lipinski definition) is 1. The van der Waals surface area contributed by atoms with Gasteiger partial charge in [0.1, 0.15) is 11.5 Å². The van der Waals surface area contributed by atoms with Crippen molar-refractivity contribution in [2.45, 2.75) is 26.7 Å². The van der Waals surface area contributed by atoms with E-state index in [1.807, 2.05) is 36.7 Å². The Bertz CT molecular complexity index is 1190. The number of hydrogen-bond acceptors (Lipinski definition) is 5. The number of halogens is 1. The molecular formula is C19H22BrN5O3S. The molecule has 3 rings (SSSR count). The molecule has 0 spiro atoms. The summed E-state index contributed by atoms with van der Waals surface area (Å²) in [6.07, 6.45) is 7.62. The summed E-state index contributed by atoms with van der Waals surface area (Å²) in [4.78, 5) is 16.6. The Morgan fingerprint density at radius 3 is 2.86 bits per heavy atom. The lowest BCUT2D eigenvalue weighted by molar-refractivity contribution is -0.114. The maximum Gasteiger partial charge on any atom is 0.257 e. The summed E-state index contributed by atoms with van der Waals surface area (Å²) in [7, 11) is -1.82. The Hall–Kier alpha value is -2.46. The van der Waals surface area contributed by atoms with Gasteiger partial charge in [0.05, 0.1) is 11.4 Å².